The van der Waals surface area contributed by atoms with Crippen LogP contribution in [0.5, 0.6) is 0 Å². The first-order valence-electron chi connectivity index (χ1n) is 9.42. The van der Waals surface area contributed by atoms with Crippen LogP contribution in [0.1, 0.15) is 11.3 Å². The van der Waals surface area contributed by atoms with Gasteiger partial charge in [-0.15, -0.1) is 0 Å². The van der Waals surface area contributed by atoms with E-state index in [0.29, 0.717) is 11.6 Å². The largest absolute Gasteiger partial charge is 0.444 e. The summed E-state index contributed by atoms with van der Waals surface area (Å²) in [6, 6.07) is 17.6. The van der Waals surface area contributed by atoms with Crippen LogP contribution in [-0.2, 0) is 17.8 Å². The summed E-state index contributed by atoms with van der Waals surface area (Å²) in [7, 11) is 0. The van der Waals surface area contributed by atoms with Crippen molar-refractivity contribution in [3.63, 3.8) is 0 Å². The lowest BCUT2D eigenvalue weighted by atomic mass is 10.2. The fourth-order valence-electron chi connectivity index (χ4n) is 3.42. The zero-order chi connectivity index (χ0) is 19.3. The molecule has 144 valence electrons. The topological polar surface area (TPSA) is 49.6 Å². The third kappa shape index (κ3) is 4.61. The van der Waals surface area contributed by atoms with E-state index in [-0.39, 0.29) is 12.3 Å². The van der Waals surface area contributed by atoms with Crippen molar-refractivity contribution in [2.75, 3.05) is 26.2 Å². The van der Waals surface area contributed by atoms with Crippen LogP contribution in [0.15, 0.2) is 65.3 Å². The van der Waals surface area contributed by atoms with Crippen molar-refractivity contribution < 1.29 is 9.21 Å². The summed E-state index contributed by atoms with van der Waals surface area (Å²) >= 11 is 6.06. The first-order chi connectivity index (χ1) is 13.7. The molecule has 0 unspecified atom stereocenters. The molecule has 1 aliphatic rings. The number of rotatable bonds is 5. The highest BCUT2D eigenvalue weighted by Crippen LogP contribution is 2.19. The number of piperazine rings is 1. The lowest BCUT2D eigenvalue weighted by molar-refractivity contribution is -0.132. The fourth-order valence-corrected chi connectivity index (χ4v) is 3.63. The number of hydrogen-bond acceptors (Lipinski definition) is 4. The maximum atomic E-state index is 12.6. The van der Waals surface area contributed by atoms with Gasteiger partial charge in [0.25, 0.3) is 0 Å². The van der Waals surface area contributed by atoms with Gasteiger partial charge in [0.05, 0.1) is 12.1 Å². The highest BCUT2D eigenvalue weighted by molar-refractivity contribution is 6.30. The Morgan fingerprint density at radius 2 is 1.82 bits per heavy atom. The van der Waals surface area contributed by atoms with Gasteiger partial charge in [0.1, 0.15) is 6.26 Å². The average molecular weight is 396 g/mol. The Bertz CT molecular complexity index is 934. The fraction of sp³-hybridized carbons (Fsp3) is 0.273. The van der Waals surface area contributed by atoms with Crippen LogP contribution in [0, 0.1) is 0 Å². The Balaban J connectivity index is 1.29. The SMILES string of the molecule is O=C(Cc1coc(-c2ccccc2)n1)N1CCN(Cc2cccc(Cl)c2)CC1. The van der Waals surface area contributed by atoms with Crippen molar-refractivity contribution in [3.05, 3.63) is 77.1 Å². The molecule has 0 bridgehead atoms. The lowest BCUT2D eigenvalue weighted by Gasteiger charge is -2.34. The molecule has 1 aromatic heterocycles. The third-order valence-electron chi connectivity index (χ3n) is 4.93. The molecule has 0 aliphatic carbocycles. The molecule has 2 heterocycles. The summed E-state index contributed by atoms with van der Waals surface area (Å²) in [5.74, 6) is 0.644. The zero-order valence-electron chi connectivity index (χ0n) is 15.6. The Kier molecular flexibility index (Phi) is 5.74. The average Bonchev–Trinajstić information content (AvgIpc) is 3.18. The minimum absolute atomic E-state index is 0.0929. The standard InChI is InChI=1S/C22H22ClN3O2/c23-19-8-4-5-17(13-19)15-25-9-11-26(12-10-25)21(27)14-20-16-28-22(24-20)18-6-2-1-3-7-18/h1-8,13,16H,9-12,14-15H2. The van der Waals surface area contributed by atoms with Crippen molar-refractivity contribution in [1.82, 2.24) is 14.8 Å². The molecule has 5 nitrogen and oxygen atoms in total. The molecule has 4 rings (SSSR count). The Hall–Kier alpha value is -2.63. The van der Waals surface area contributed by atoms with E-state index < -0.39 is 0 Å². The third-order valence-corrected chi connectivity index (χ3v) is 5.16. The summed E-state index contributed by atoms with van der Waals surface area (Å²) in [5.41, 5.74) is 2.78. The second kappa shape index (κ2) is 8.59. The van der Waals surface area contributed by atoms with Crippen LogP contribution < -0.4 is 0 Å². The number of halogens is 1. The van der Waals surface area contributed by atoms with Gasteiger partial charge in [-0.05, 0) is 29.8 Å². The number of carbonyl (C=O) groups is 1. The minimum Gasteiger partial charge on any atom is -0.444 e. The van der Waals surface area contributed by atoms with Crippen molar-refractivity contribution in [1.29, 1.82) is 0 Å². The van der Waals surface area contributed by atoms with Gasteiger partial charge in [-0.1, -0.05) is 41.9 Å². The van der Waals surface area contributed by atoms with E-state index in [1.807, 2.05) is 53.4 Å². The number of nitrogens with zero attached hydrogens (tertiary/aromatic N) is 3. The number of benzene rings is 2. The predicted molar refractivity (Wildman–Crippen MR) is 109 cm³/mol. The summed E-state index contributed by atoms with van der Waals surface area (Å²) < 4.78 is 5.53. The first kappa shape index (κ1) is 18.7. The summed E-state index contributed by atoms with van der Waals surface area (Å²) in [6.45, 7) is 4.01. The molecule has 3 aromatic rings. The Morgan fingerprint density at radius 3 is 2.57 bits per heavy atom. The van der Waals surface area contributed by atoms with Gasteiger partial charge in [0.15, 0.2) is 0 Å². The first-order valence-corrected chi connectivity index (χ1v) is 9.79. The molecule has 0 radical (unpaired) electrons. The molecule has 1 saturated heterocycles. The van der Waals surface area contributed by atoms with Crippen molar-refractivity contribution in [2.45, 2.75) is 13.0 Å². The summed E-state index contributed by atoms with van der Waals surface area (Å²) in [6.07, 6.45) is 1.85. The van der Waals surface area contributed by atoms with Crippen LogP contribution in [0.4, 0.5) is 0 Å². The van der Waals surface area contributed by atoms with Gasteiger partial charge >= 0.3 is 0 Å². The molecule has 2 aromatic carbocycles. The van der Waals surface area contributed by atoms with Gasteiger partial charge in [0, 0.05) is 43.3 Å². The molecular weight excluding hydrogens is 374 g/mol. The lowest BCUT2D eigenvalue weighted by Crippen LogP contribution is -2.48. The zero-order valence-corrected chi connectivity index (χ0v) is 16.3. The van der Waals surface area contributed by atoms with Crippen molar-refractivity contribution in [2.24, 2.45) is 0 Å². The normalized spacial score (nSPS) is 15.0. The predicted octanol–water partition coefficient (Wildman–Crippen LogP) is 3.88. The summed E-state index contributed by atoms with van der Waals surface area (Å²) in [4.78, 5) is 21.3. The van der Waals surface area contributed by atoms with E-state index in [0.717, 1.165) is 43.3 Å². The molecule has 1 fully saturated rings. The van der Waals surface area contributed by atoms with E-state index in [9.17, 15) is 4.79 Å². The van der Waals surface area contributed by atoms with Gasteiger partial charge in [0.2, 0.25) is 11.8 Å². The van der Waals surface area contributed by atoms with Crippen LogP contribution in [0.2, 0.25) is 5.02 Å². The van der Waals surface area contributed by atoms with Crippen molar-refractivity contribution >= 4 is 17.5 Å². The van der Waals surface area contributed by atoms with E-state index in [1.165, 1.54) is 5.56 Å². The number of aromatic nitrogens is 1. The molecule has 0 saturated carbocycles. The van der Waals surface area contributed by atoms with Crippen LogP contribution in [0.3, 0.4) is 0 Å². The van der Waals surface area contributed by atoms with Crippen LogP contribution >= 0.6 is 11.6 Å². The monoisotopic (exact) mass is 395 g/mol. The molecular formula is C22H22ClN3O2. The number of amides is 1. The smallest absolute Gasteiger partial charge is 0.228 e. The quantitative estimate of drug-likeness (QED) is 0.657. The molecule has 1 aliphatic heterocycles. The van der Waals surface area contributed by atoms with Gasteiger partial charge in [-0.3, -0.25) is 9.69 Å². The molecule has 6 heteroatoms. The van der Waals surface area contributed by atoms with E-state index in [1.54, 1.807) is 6.26 Å². The Morgan fingerprint density at radius 1 is 1.04 bits per heavy atom. The van der Waals surface area contributed by atoms with Crippen molar-refractivity contribution in [3.8, 4) is 11.5 Å². The number of oxazole rings is 1. The number of hydrogen-bond donors (Lipinski definition) is 0. The molecule has 1 amide bonds. The molecule has 0 spiro atoms. The maximum absolute atomic E-state index is 12.6. The van der Waals surface area contributed by atoms with Gasteiger partial charge in [-0.2, -0.15) is 0 Å². The minimum atomic E-state index is 0.0929. The second-order valence-corrected chi connectivity index (χ2v) is 7.41. The van der Waals surface area contributed by atoms with E-state index in [4.69, 9.17) is 16.0 Å². The second-order valence-electron chi connectivity index (χ2n) is 6.97. The molecule has 28 heavy (non-hydrogen) atoms. The van der Waals surface area contributed by atoms with Gasteiger partial charge < -0.3 is 9.32 Å². The van der Waals surface area contributed by atoms with Crippen LogP contribution in [0.25, 0.3) is 11.5 Å². The van der Waals surface area contributed by atoms with E-state index >= 15 is 0 Å². The van der Waals surface area contributed by atoms with Gasteiger partial charge in [-0.25, -0.2) is 4.98 Å². The highest BCUT2D eigenvalue weighted by atomic mass is 35.5. The number of carbonyl (C=O) groups excluding carboxylic acids is 1. The molecule has 0 N–H and O–H groups in total. The Labute approximate surface area is 169 Å². The highest BCUT2D eigenvalue weighted by Gasteiger charge is 2.22. The van der Waals surface area contributed by atoms with E-state index in [2.05, 4.69) is 16.0 Å². The molecule has 0 atom stereocenters. The maximum Gasteiger partial charge on any atom is 0.228 e. The van der Waals surface area contributed by atoms with Crippen LogP contribution in [-0.4, -0.2) is 46.9 Å². The summed E-state index contributed by atoms with van der Waals surface area (Å²) in [5, 5.41) is 0.758.